The zero-order valence-corrected chi connectivity index (χ0v) is 9.37. The van der Waals surface area contributed by atoms with Gasteiger partial charge in [0.1, 0.15) is 0 Å². The largest absolute Gasteiger partial charge is 0.398 e. The van der Waals surface area contributed by atoms with Crippen LogP contribution in [0, 0.1) is 0 Å². The summed E-state index contributed by atoms with van der Waals surface area (Å²) in [5.41, 5.74) is 8.10. The third-order valence-electron chi connectivity index (χ3n) is 3.09. The number of fused-ring (bicyclic) bond motifs is 1. The minimum absolute atomic E-state index is 0.137. The van der Waals surface area contributed by atoms with Crippen LogP contribution in [0.15, 0.2) is 18.2 Å². The number of nitrogen functional groups attached to an aromatic ring is 1. The Balaban J connectivity index is 2.70. The van der Waals surface area contributed by atoms with Gasteiger partial charge in [-0.05, 0) is 32.9 Å². The molecule has 0 unspecified atom stereocenters. The predicted molar refractivity (Wildman–Crippen MR) is 61.9 cm³/mol. The second-order valence-electron chi connectivity index (χ2n) is 4.42. The van der Waals surface area contributed by atoms with Gasteiger partial charge in [0, 0.05) is 23.5 Å². The van der Waals surface area contributed by atoms with E-state index in [9.17, 15) is 4.79 Å². The van der Waals surface area contributed by atoms with E-state index in [1.54, 1.807) is 4.90 Å². The highest BCUT2D eigenvalue weighted by atomic mass is 16.2. The van der Waals surface area contributed by atoms with Crippen LogP contribution < -0.4 is 10.6 Å². The van der Waals surface area contributed by atoms with Crippen molar-refractivity contribution in [3.05, 3.63) is 23.8 Å². The van der Waals surface area contributed by atoms with E-state index >= 15 is 0 Å². The summed E-state index contributed by atoms with van der Waals surface area (Å²) < 4.78 is 0. The summed E-state index contributed by atoms with van der Waals surface area (Å²) in [5, 5.41) is 0. The third kappa shape index (κ3) is 1.16. The molecular weight excluding hydrogens is 188 g/mol. The average molecular weight is 204 g/mol. The quantitative estimate of drug-likeness (QED) is 0.710. The molecule has 0 saturated heterocycles. The highest BCUT2D eigenvalue weighted by Crippen LogP contribution is 2.44. The number of hydrogen-bond donors (Lipinski definition) is 1. The SMILES string of the molecule is CCN1C(=O)C(C)(C)c2c(N)cccc21. The van der Waals surface area contributed by atoms with E-state index in [-0.39, 0.29) is 5.91 Å². The van der Waals surface area contributed by atoms with Crippen molar-refractivity contribution in [1.29, 1.82) is 0 Å². The Morgan fingerprint density at radius 1 is 1.40 bits per heavy atom. The number of carbonyl (C=O) groups is 1. The van der Waals surface area contributed by atoms with Crippen molar-refractivity contribution in [2.45, 2.75) is 26.2 Å². The van der Waals surface area contributed by atoms with Gasteiger partial charge in [0.15, 0.2) is 0 Å². The Kier molecular flexibility index (Phi) is 2.00. The smallest absolute Gasteiger partial charge is 0.237 e. The third-order valence-corrected chi connectivity index (χ3v) is 3.09. The van der Waals surface area contributed by atoms with E-state index in [2.05, 4.69) is 0 Å². The Bertz CT molecular complexity index is 424. The maximum absolute atomic E-state index is 12.1. The van der Waals surface area contributed by atoms with Gasteiger partial charge >= 0.3 is 0 Å². The van der Waals surface area contributed by atoms with Gasteiger partial charge in [-0.25, -0.2) is 0 Å². The fourth-order valence-corrected chi connectivity index (χ4v) is 2.33. The lowest BCUT2D eigenvalue weighted by Crippen LogP contribution is -2.36. The van der Waals surface area contributed by atoms with Crippen molar-refractivity contribution >= 4 is 17.3 Å². The highest BCUT2D eigenvalue weighted by molar-refractivity contribution is 6.09. The molecule has 0 radical (unpaired) electrons. The van der Waals surface area contributed by atoms with Gasteiger partial charge in [0.2, 0.25) is 5.91 Å². The zero-order valence-electron chi connectivity index (χ0n) is 9.37. The van der Waals surface area contributed by atoms with Crippen LogP contribution in [0.5, 0.6) is 0 Å². The van der Waals surface area contributed by atoms with Crippen LogP contribution in [0.3, 0.4) is 0 Å². The summed E-state index contributed by atoms with van der Waals surface area (Å²) in [6.07, 6.45) is 0. The number of anilines is 2. The number of hydrogen-bond acceptors (Lipinski definition) is 2. The predicted octanol–water partition coefficient (Wildman–Crippen LogP) is 1.91. The Labute approximate surface area is 89.9 Å². The summed E-state index contributed by atoms with van der Waals surface area (Å²) in [7, 11) is 0. The molecule has 2 N–H and O–H groups in total. The molecule has 0 fully saturated rings. The number of likely N-dealkylation sites (N-methyl/N-ethyl adjacent to an activating group) is 1. The van der Waals surface area contributed by atoms with Crippen molar-refractivity contribution in [2.75, 3.05) is 17.2 Å². The molecule has 0 aliphatic carbocycles. The number of nitrogens with zero attached hydrogens (tertiary/aromatic N) is 1. The average Bonchev–Trinajstić information content (AvgIpc) is 2.36. The summed E-state index contributed by atoms with van der Waals surface area (Å²) in [6, 6.07) is 5.71. The normalized spacial score (nSPS) is 18.1. The van der Waals surface area contributed by atoms with E-state index in [1.807, 2.05) is 39.0 Å². The molecule has 1 aliphatic rings. The molecule has 1 aromatic rings. The van der Waals surface area contributed by atoms with Gasteiger partial charge in [0.25, 0.3) is 0 Å². The van der Waals surface area contributed by atoms with Crippen LogP contribution in [0.2, 0.25) is 0 Å². The molecule has 0 aromatic heterocycles. The Morgan fingerprint density at radius 3 is 2.67 bits per heavy atom. The summed E-state index contributed by atoms with van der Waals surface area (Å²) in [6.45, 7) is 6.53. The number of amides is 1. The molecule has 3 heteroatoms. The second kappa shape index (κ2) is 2.99. The summed E-state index contributed by atoms with van der Waals surface area (Å²) in [4.78, 5) is 13.9. The van der Waals surface area contributed by atoms with E-state index in [1.165, 1.54) is 0 Å². The standard InChI is InChI=1S/C12H16N2O/c1-4-14-9-7-5-6-8(13)10(9)12(2,3)11(14)15/h5-7H,4,13H2,1-3H3. The monoisotopic (exact) mass is 204 g/mol. The topological polar surface area (TPSA) is 46.3 Å². The van der Waals surface area contributed by atoms with Gasteiger partial charge in [-0.3, -0.25) is 4.79 Å². The number of rotatable bonds is 1. The van der Waals surface area contributed by atoms with Gasteiger partial charge in [0.05, 0.1) is 5.41 Å². The van der Waals surface area contributed by atoms with Crippen molar-refractivity contribution in [3.63, 3.8) is 0 Å². The molecule has 1 aliphatic heterocycles. The molecule has 3 nitrogen and oxygen atoms in total. The fraction of sp³-hybridized carbons (Fsp3) is 0.417. The summed E-state index contributed by atoms with van der Waals surface area (Å²) >= 11 is 0. The molecule has 1 heterocycles. The molecular formula is C12H16N2O. The van der Waals surface area contributed by atoms with Gasteiger partial charge in [-0.15, -0.1) is 0 Å². The van der Waals surface area contributed by atoms with E-state index in [4.69, 9.17) is 5.73 Å². The molecule has 0 bridgehead atoms. The first-order valence-electron chi connectivity index (χ1n) is 5.21. The maximum atomic E-state index is 12.1. The lowest BCUT2D eigenvalue weighted by Gasteiger charge is -2.18. The maximum Gasteiger partial charge on any atom is 0.237 e. The lowest BCUT2D eigenvalue weighted by molar-refractivity contribution is -0.122. The number of nitrogens with two attached hydrogens (primary N) is 1. The van der Waals surface area contributed by atoms with Crippen molar-refractivity contribution in [3.8, 4) is 0 Å². The fourth-order valence-electron chi connectivity index (χ4n) is 2.33. The molecule has 0 atom stereocenters. The van der Waals surface area contributed by atoms with Crippen molar-refractivity contribution in [1.82, 2.24) is 0 Å². The second-order valence-corrected chi connectivity index (χ2v) is 4.42. The first-order valence-corrected chi connectivity index (χ1v) is 5.21. The van der Waals surface area contributed by atoms with E-state index < -0.39 is 5.41 Å². The van der Waals surface area contributed by atoms with E-state index in [0.29, 0.717) is 12.2 Å². The highest BCUT2D eigenvalue weighted by Gasteiger charge is 2.44. The van der Waals surface area contributed by atoms with Crippen LogP contribution in [-0.2, 0) is 10.2 Å². The first kappa shape index (κ1) is 10.0. The van der Waals surface area contributed by atoms with Gasteiger partial charge < -0.3 is 10.6 Å². The van der Waals surface area contributed by atoms with Crippen LogP contribution in [0.4, 0.5) is 11.4 Å². The Morgan fingerprint density at radius 2 is 2.07 bits per heavy atom. The van der Waals surface area contributed by atoms with Crippen LogP contribution in [-0.4, -0.2) is 12.5 Å². The molecule has 0 saturated carbocycles. The van der Waals surface area contributed by atoms with Crippen molar-refractivity contribution in [2.24, 2.45) is 0 Å². The number of benzene rings is 1. The van der Waals surface area contributed by atoms with Crippen LogP contribution in [0.1, 0.15) is 26.3 Å². The van der Waals surface area contributed by atoms with E-state index in [0.717, 1.165) is 11.3 Å². The zero-order chi connectivity index (χ0) is 11.2. The van der Waals surface area contributed by atoms with Crippen molar-refractivity contribution < 1.29 is 4.79 Å². The molecule has 1 amide bonds. The summed E-state index contributed by atoms with van der Waals surface area (Å²) in [5.74, 6) is 0.137. The minimum Gasteiger partial charge on any atom is -0.398 e. The van der Waals surface area contributed by atoms with Gasteiger partial charge in [-0.1, -0.05) is 6.07 Å². The van der Waals surface area contributed by atoms with Crippen LogP contribution in [0.25, 0.3) is 0 Å². The first-order chi connectivity index (χ1) is 7.00. The molecule has 1 aromatic carbocycles. The molecule has 15 heavy (non-hydrogen) atoms. The van der Waals surface area contributed by atoms with Gasteiger partial charge in [-0.2, -0.15) is 0 Å². The molecule has 80 valence electrons. The van der Waals surface area contributed by atoms with Crippen LogP contribution >= 0.6 is 0 Å². The minimum atomic E-state index is -0.489. The molecule has 2 rings (SSSR count). The Hall–Kier alpha value is -1.51. The number of carbonyl (C=O) groups excluding carboxylic acids is 1. The molecule has 0 spiro atoms. The lowest BCUT2D eigenvalue weighted by atomic mass is 9.85.